The van der Waals surface area contributed by atoms with E-state index in [-0.39, 0.29) is 17.1 Å². The Balaban J connectivity index is 0. The molecule has 0 fully saturated rings. The fourth-order valence-corrected chi connectivity index (χ4v) is 0.883. The number of nitrogens with zero attached hydrogens (tertiary/aromatic N) is 1. The van der Waals surface area contributed by atoms with Gasteiger partial charge in [0.1, 0.15) is 0 Å². The van der Waals surface area contributed by atoms with Crippen molar-refractivity contribution in [1.29, 1.82) is 0 Å². The SMILES string of the molecule is NCCN(CCN)CCN.[Cu]. The van der Waals surface area contributed by atoms with E-state index >= 15 is 0 Å². The van der Waals surface area contributed by atoms with Crippen molar-refractivity contribution in [3.63, 3.8) is 0 Å². The smallest absolute Gasteiger partial charge is 0.0106 e. The van der Waals surface area contributed by atoms with Crippen LogP contribution in [-0.2, 0) is 17.1 Å². The van der Waals surface area contributed by atoms with Crippen LogP contribution in [0.3, 0.4) is 0 Å². The van der Waals surface area contributed by atoms with Gasteiger partial charge in [0.25, 0.3) is 0 Å². The van der Waals surface area contributed by atoms with Crippen LogP contribution in [0.5, 0.6) is 0 Å². The average molecular weight is 210 g/mol. The van der Waals surface area contributed by atoms with Gasteiger partial charge in [0.05, 0.1) is 0 Å². The van der Waals surface area contributed by atoms with Crippen LogP contribution >= 0.6 is 0 Å². The summed E-state index contributed by atoms with van der Waals surface area (Å²) in [4.78, 5) is 2.17. The van der Waals surface area contributed by atoms with Gasteiger partial charge >= 0.3 is 0 Å². The van der Waals surface area contributed by atoms with Crippen molar-refractivity contribution in [3.8, 4) is 0 Å². The first-order valence-electron chi connectivity index (χ1n) is 3.67. The molecule has 0 bridgehead atoms. The van der Waals surface area contributed by atoms with Crippen LogP contribution in [0.25, 0.3) is 0 Å². The van der Waals surface area contributed by atoms with Crippen LogP contribution in [0.4, 0.5) is 0 Å². The molecule has 0 amide bonds. The Bertz CT molecular complexity index is 57.3. The average Bonchev–Trinajstić information content (AvgIpc) is 1.90. The van der Waals surface area contributed by atoms with E-state index < -0.39 is 0 Å². The van der Waals surface area contributed by atoms with Crippen LogP contribution in [0, 0.1) is 0 Å². The summed E-state index contributed by atoms with van der Waals surface area (Å²) in [5.41, 5.74) is 16.1. The molecule has 0 aromatic rings. The summed E-state index contributed by atoms with van der Waals surface area (Å²) < 4.78 is 0. The molecule has 0 atom stereocenters. The molecule has 0 spiro atoms. The Kier molecular flexibility index (Phi) is 13.1. The standard InChI is InChI=1S/C6H18N4.Cu/c7-1-4-10(5-2-8)6-3-9;/h1-9H2;. The van der Waals surface area contributed by atoms with E-state index in [1.165, 1.54) is 0 Å². The van der Waals surface area contributed by atoms with Gasteiger partial charge in [0, 0.05) is 56.3 Å². The van der Waals surface area contributed by atoms with Crippen LogP contribution in [0.15, 0.2) is 0 Å². The summed E-state index contributed by atoms with van der Waals surface area (Å²) in [5, 5.41) is 0. The van der Waals surface area contributed by atoms with Crippen LogP contribution in [0.2, 0.25) is 0 Å². The van der Waals surface area contributed by atoms with E-state index in [4.69, 9.17) is 17.2 Å². The third-order valence-corrected chi connectivity index (χ3v) is 1.34. The van der Waals surface area contributed by atoms with Crippen molar-refractivity contribution in [2.75, 3.05) is 39.3 Å². The molecule has 0 aliphatic rings. The Morgan fingerprint density at radius 3 is 1.18 bits per heavy atom. The van der Waals surface area contributed by atoms with Gasteiger partial charge in [-0.05, 0) is 0 Å². The monoisotopic (exact) mass is 209 g/mol. The van der Waals surface area contributed by atoms with Gasteiger partial charge in [-0.2, -0.15) is 0 Å². The molecule has 4 nitrogen and oxygen atoms in total. The fraction of sp³-hybridized carbons (Fsp3) is 1.00. The fourth-order valence-electron chi connectivity index (χ4n) is 0.883. The number of hydrogen-bond donors (Lipinski definition) is 3. The summed E-state index contributed by atoms with van der Waals surface area (Å²) in [6, 6.07) is 0. The molecular weight excluding hydrogens is 192 g/mol. The largest absolute Gasteiger partial charge is 0.329 e. The minimum Gasteiger partial charge on any atom is -0.329 e. The minimum atomic E-state index is 0. The van der Waals surface area contributed by atoms with Crippen molar-refractivity contribution >= 4 is 0 Å². The molecule has 0 unspecified atom stereocenters. The normalized spacial score (nSPS) is 9.82. The zero-order valence-corrected chi connectivity index (χ0v) is 7.67. The van der Waals surface area contributed by atoms with Gasteiger partial charge in [-0.1, -0.05) is 0 Å². The minimum absolute atomic E-state index is 0. The zero-order chi connectivity index (χ0) is 7.82. The Hall–Kier alpha value is 0.359. The van der Waals surface area contributed by atoms with Crippen LogP contribution < -0.4 is 17.2 Å². The Morgan fingerprint density at radius 1 is 0.727 bits per heavy atom. The predicted molar refractivity (Wildman–Crippen MR) is 43.6 cm³/mol. The topological polar surface area (TPSA) is 81.3 Å². The zero-order valence-electron chi connectivity index (χ0n) is 6.72. The first-order valence-corrected chi connectivity index (χ1v) is 3.67. The molecule has 0 aliphatic carbocycles. The maximum Gasteiger partial charge on any atom is 0.0106 e. The molecule has 0 aromatic carbocycles. The van der Waals surface area contributed by atoms with Crippen LogP contribution in [0.1, 0.15) is 0 Å². The second-order valence-electron chi connectivity index (χ2n) is 2.21. The second kappa shape index (κ2) is 10.4. The first-order chi connectivity index (χ1) is 4.85. The number of nitrogens with two attached hydrogens (primary N) is 3. The van der Waals surface area contributed by atoms with Crippen molar-refractivity contribution in [2.24, 2.45) is 17.2 Å². The maximum atomic E-state index is 5.37. The number of rotatable bonds is 6. The molecule has 6 N–H and O–H groups in total. The Morgan fingerprint density at radius 2 is 1.00 bits per heavy atom. The summed E-state index contributed by atoms with van der Waals surface area (Å²) in [5.74, 6) is 0. The first kappa shape index (κ1) is 13.9. The molecule has 5 heteroatoms. The molecule has 0 heterocycles. The molecule has 73 valence electrons. The summed E-state index contributed by atoms with van der Waals surface area (Å²) in [6.45, 7) is 4.73. The molecule has 1 radical (unpaired) electrons. The molecule has 11 heavy (non-hydrogen) atoms. The van der Waals surface area contributed by atoms with Crippen molar-refractivity contribution in [3.05, 3.63) is 0 Å². The molecule has 0 aromatic heterocycles. The quantitative estimate of drug-likeness (QED) is 0.450. The van der Waals surface area contributed by atoms with E-state index in [9.17, 15) is 0 Å². The van der Waals surface area contributed by atoms with Gasteiger partial charge in [0.2, 0.25) is 0 Å². The van der Waals surface area contributed by atoms with E-state index in [0.717, 1.165) is 19.6 Å². The van der Waals surface area contributed by atoms with Gasteiger partial charge in [-0.25, -0.2) is 0 Å². The van der Waals surface area contributed by atoms with E-state index in [1.54, 1.807) is 0 Å². The van der Waals surface area contributed by atoms with Gasteiger partial charge < -0.3 is 17.2 Å². The van der Waals surface area contributed by atoms with Crippen LogP contribution in [-0.4, -0.2) is 44.2 Å². The van der Waals surface area contributed by atoms with Crippen molar-refractivity contribution < 1.29 is 17.1 Å². The predicted octanol–water partition coefficient (Wildman–Crippen LogP) is -1.84. The summed E-state index contributed by atoms with van der Waals surface area (Å²) >= 11 is 0. The van der Waals surface area contributed by atoms with Gasteiger partial charge in [-0.3, -0.25) is 4.90 Å². The molecule has 0 rings (SSSR count). The molecule has 0 saturated carbocycles. The molecule has 0 saturated heterocycles. The van der Waals surface area contributed by atoms with E-state index in [0.29, 0.717) is 19.6 Å². The second-order valence-corrected chi connectivity index (χ2v) is 2.21. The van der Waals surface area contributed by atoms with E-state index in [1.807, 2.05) is 0 Å². The van der Waals surface area contributed by atoms with E-state index in [2.05, 4.69) is 4.90 Å². The summed E-state index contributed by atoms with van der Waals surface area (Å²) in [7, 11) is 0. The van der Waals surface area contributed by atoms with Crippen molar-refractivity contribution in [1.82, 2.24) is 4.90 Å². The maximum absolute atomic E-state index is 5.37. The van der Waals surface area contributed by atoms with Crippen molar-refractivity contribution in [2.45, 2.75) is 0 Å². The summed E-state index contributed by atoms with van der Waals surface area (Å²) in [6.07, 6.45) is 0. The van der Waals surface area contributed by atoms with Gasteiger partial charge in [-0.15, -0.1) is 0 Å². The third-order valence-electron chi connectivity index (χ3n) is 1.34. The molecular formula is C6H18CuN4. The molecule has 0 aliphatic heterocycles. The Labute approximate surface area is 78.9 Å². The number of hydrogen-bond acceptors (Lipinski definition) is 4. The van der Waals surface area contributed by atoms with Gasteiger partial charge in [0.15, 0.2) is 0 Å². The third kappa shape index (κ3) is 8.26.